The van der Waals surface area contributed by atoms with Gasteiger partial charge in [-0.3, -0.25) is 9.59 Å². The molecule has 8 atom stereocenters. The smallest absolute Gasteiger partial charge is 0.306 e. The van der Waals surface area contributed by atoms with Crippen LogP contribution in [0.25, 0.3) is 0 Å². The second kappa shape index (κ2) is 45.0. The largest absolute Gasteiger partial charge is 0.454 e. The normalized spacial score (nSPS) is 20.3. The summed E-state index contributed by atoms with van der Waals surface area (Å²) in [5.41, 5.74) is 0. The van der Waals surface area contributed by atoms with Gasteiger partial charge in [0.15, 0.2) is 12.4 Å². The summed E-state index contributed by atoms with van der Waals surface area (Å²) in [6.07, 6.45) is 40.4. The van der Waals surface area contributed by atoms with Crippen molar-refractivity contribution in [3.8, 4) is 0 Å². The molecule has 1 amide bonds. The first-order valence-corrected chi connectivity index (χ1v) is 27.8. The van der Waals surface area contributed by atoms with Crippen LogP contribution in [0.2, 0.25) is 0 Å². The zero-order valence-corrected chi connectivity index (χ0v) is 43.0. The molecule has 0 aromatic carbocycles. The lowest BCUT2D eigenvalue weighted by atomic mass is 9.99. The Morgan fingerprint density at radius 3 is 1.52 bits per heavy atom. The van der Waals surface area contributed by atoms with Gasteiger partial charge >= 0.3 is 5.97 Å². The van der Waals surface area contributed by atoms with Crippen molar-refractivity contribution in [3.05, 3.63) is 36.5 Å². The van der Waals surface area contributed by atoms with Gasteiger partial charge in [-0.25, -0.2) is 0 Å². The summed E-state index contributed by atoms with van der Waals surface area (Å²) in [6, 6.07) is -1.02. The number of carbonyl (C=O) groups excluding carboxylic acids is 2. The molecule has 11 nitrogen and oxygen atoms in total. The molecule has 1 saturated heterocycles. The molecule has 11 heteroatoms. The first-order chi connectivity index (χ1) is 32.7. The molecule has 1 aliphatic rings. The Hall–Kier alpha value is -2.12. The molecule has 392 valence electrons. The molecule has 0 spiro atoms. The van der Waals surface area contributed by atoms with Crippen molar-refractivity contribution >= 4 is 11.9 Å². The maximum absolute atomic E-state index is 13.3. The Balaban J connectivity index is 2.76. The van der Waals surface area contributed by atoms with Crippen molar-refractivity contribution in [3.63, 3.8) is 0 Å². The van der Waals surface area contributed by atoms with Crippen LogP contribution in [0.5, 0.6) is 0 Å². The standard InChI is InChI=1S/C56H103NO10/c1-4-7-10-13-16-19-22-24-26-28-31-34-37-40-43-49(60)55(64)57-47(48(59)42-39-36-33-30-27-21-18-15-12-9-6-3)46-65-56-54(53(63)52(62)50(45-58)66-56)67-51(61)44-41-38-35-32-29-25-23-20-17-14-11-8-5-2/h16,19,22,24,39,42,47-50,52-54,56,58-60,62-63H,4-15,17-18,20-21,23,25-38,40-41,43-46H2,1-3H3,(H,57,64)/b19-16+,24-22+,42-39+. The number of amides is 1. The van der Waals surface area contributed by atoms with Gasteiger partial charge in [-0.1, -0.05) is 224 Å². The van der Waals surface area contributed by atoms with Gasteiger partial charge in [0.1, 0.15) is 24.4 Å². The Bertz CT molecular complexity index is 1230. The average molecular weight is 950 g/mol. The number of rotatable bonds is 46. The fraction of sp³-hybridized carbons (Fsp3) is 0.857. The molecule has 0 aliphatic carbocycles. The van der Waals surface area contributed by atoms with Crippen LogP contribution >= 0.6 is 0 Å². The van der Waals surface area contributed by atoms with Gasteiger partial charge in [0.2, 0.25) is 5.91 Å². The van der Waals surface area contributed by atoms with Crippen molar-refractivity contribution in [2.75, 3.05) is 13.2 Å². The Labute approximate surface area is 409 Å². The molecule has 0 radical (unpaired) electrons. The third-order valence-electron chi connectivity index (χ3n) is 13.1. The van der Waals surface area contributed by atoms with Crippen LogP contribution in [-0.4, -0.2) is 99.6 Å². The fourth-order valence-electron chi connectivity index (χ4n) is 8.58. The van der Waals surface area contributed by atoms with Crippen molar-refractivity contribution in [2.24, 2.45) is 0 Å². The third kappa shape index (κ3) is 34.0. The first kappa shape index (κ1) is 62.9. The molecule has 1 aliphatic heterocycles. The number of nitrogens with one attached hydrogen (secondary N) is 1. The zero-order valence-electron chi connectivity index (χ0n) is 43.0. The minimum absolute atomic E-state index is 0.126. The Kier molecular flexibility index (Phi) is 42.3. The lowest BCUT2D eigenvalue weighted by Gasteiger charge is -2.41. The van der Waals surface area contributed by atoms with Crippen LogP contribution < -0.4 is 5.32 Å². The van der Waals surface area contributed by atoms with Crippen LogP contribution in [0, 0.1) is 0 Å². The summed E-state index contributed by atoms with van der Waals surface area (Å²) >= 11 is 0. The topological polar surface area (TPSA) is 175 Å². The van der Waals surface area contributed by atoms with E-state index in [1.165, 1.54) is 122 Å². The van der Waals surface area contributed by atoms with E-state index < -0.39 is 67.4 Å². The molecule has 1 rings (SSSR count). The number of ether oxygens (including phenoxy) is 3. The molecule has 0 bridgehead atoms. The first-order valence-electron chi connectivity index (χ1n) is 27.8. The summed E-state index contributed by atoms with van der Waals surface area (Å²) in [6.45, 7) is 5.73. The highest BCUT2D eigenvalue weighted by Gasteiger charge is 2.47. The number of aliphatic hydroxyl groups is 5. The quantitative estimate of drug-likeness (QED) is 0.0149. The summed E-state index contributed by atoms with van der Waals surface area (Å²) in [5, 5.41) is 56.7. The number of esters is 1. The van der Waals surface area contributed by atoms with Gasteiger partial charge in [-0.05, 0) is 51.4 Å². The van der Waals surface area contributed by atoms with E-state index in [1.54, 1.807) is 6.08 Å². The van der Waals surface area contributed by atoms with Crippen LogP contribution in [0.4, 0.5) is 0 Å². The summed E-state index contributed by atoms with van der Waals surface area (Å²) < 4.78 is 17.5. The predicted molar refractivity (Wildman–Crippen MR) is 274 cm³/mol. The van der Waals surface area contributed by atoms with E-state index in [0.29, 0.717) is 12.8 Å². The monoisotopic (exact) mass is 950 g/mol. The van der Waals surface area contributed by atoms with E-state index in [0.717, 1.165) is 77.0 Å². The lowest BCUT2D eigenvalue weighted by Crippen LogP contribution is -2.61. The second-order valence-corrected chi connectivity index (χ2v) is 19.4. The zero-order chi connectivity index (χ0) is 49.0. The van der Waals surface area contributed by atoms with Gasteiger partial charge in [-0.15, -0.1) is 0 Å². The molecule has 1 heterocycles. The minimum Gasteiger partial charge on any atom is -0.454 e. The SMILES string of the molecule is CCCCC/C=C/C=C/CCCCCCCC(O)C(=O)NC(COC1OC(CO)C(O)C(O)C1OC(=O)CCCCCCCCCCCCCCC)C(O)/C=C/CCCCCCCCCCC. The molecule has 6 N–H and O–H groups in total. The van der Waals surface area contributed by atoms with E-state index in [9.17, 15) is 35.1 Å². The van der Waals surface area contributed by atoms with Crippen molar-refractivity contribution in [1.29, 1.82) is 0 Å². The van der Waals surface area contributed by atoms with Crippen LogP contribution in [0.1, 0.15) is 245 Å². The van der Waals surface area contributed by atoms with Gasteiger partial charge in [0.25, 0.3) is 0 Å². The molecular formula is C56H103NO10. The summed E-state index contributed by atoms with van der Waals surface area (Å²) in [5.74, 6) is -1.20. The van der Waals surface area contributed by atoms with Gasteiger partial charge < -0.3 is 45.1 Å². The van der Waals surface area contributed by atoms with E-state index in [2.05, 4.69) is 50.4 Å². The molecule has 0 aromatic rings. The van der Waals surface area contributed by atoms with Crippen molar-refractivity contribution in [2.45, 2.75) is 294 Å². The van der Waals surface area contributed by atoms with Gasteiger partial charge in [-0.2, -0.15) is 0 Å². The molecule has 0 aromatic heterocycles. The third-order valence-corrected chi connectivity index (χ3v) is 13.1. The minimum atomic E-state index is -1.61. The molecule has 1 fully saturated rings. The highest BCUT2D eigenvalue weighted by Crippen LogP contribution is 2.26. The number of carbonyl (C=O) groups is 2. The number of unbranched alkanes of at least 4 members (excludes halogenated alkanes) is 29. The Morgan fingerprint density at radius 2 is 1.01 bits per heavy atom. The summed E-state index contributed by atoms with van der Waals surface area (Å²) in [7, 11) is 0. The van der Waals surface area contributed by atoms with Crippen molar-refractivity contribution in [1.82, 2.24) is 5.32 Å². The highest BCUT2D eigenvalue weighted by molar-refractivity contribution is 5.80. The highest BCUT2D eigenvalue weighted by atomic mass is 16.7. The number of hydrogen-bond donors (Lipinski definition) is 6. The molecule has 0 saturated carbocycles. The fourth-order valence-corrected chi connectivity index (χ4v) is 8.58. The van der Waals surface area contributed by atoms with E-state index in [-0.39, 0.29) is 19.4 Å². The average Bonchev–Trinajstić information content (AvgIpc) is 3.32. The molecule has 8 unspecified atom stereocenters. The predicted octanol–water partition coefficient (Wildman–Crippen LogP) is 11.9. The van der Waals surface area contributed by atoms with Gasteiger partial charge in [0.05, 0.1) is 25.4 Å². The second-order valence-electron chi connectivity index (χ2n) is 19.4. The number of hydrogen-bond acceptors (Lipinski definition) is 10. The molecular weight excluding hydrogens is 847 g/mol. The van der Waals surface area contributed by atoms with Crippen LogP contribution in [-0.2, 0) is 23.8 Å². The van der Waals surface area contributed by atoms with Crippen LogP contribution in [0.3, 0.4) is 0 Å². The lowest BCUT2D eigenvalue weighted by molar-refractivity contribution is -0.305. The van der Waals surface area contributed by atoms with Crippen LogP contribution in [0.15, 0.2) is 36.5 Å². The van der Waals surface area contributed by atoms with E-state index in [4.69, 9.17) is 14.2 Å². The number of aliphatic hydroxyl groups excluding tert-OH is 5. The maximum atomic E-state index is 13.3. The van der Waals surface area contributed by atoms with E-state index >= 15 is 0 Å². The Morgan fingerprint density at radius 1 is 0.582 bits per heavy atom. The number of allylic oxidation sites excluding steroid dienone is 5. The molecule has 67 heavy (non-hydrogen) atoms. The maximum Gasteiger partial charge on any atom is 0.306 e. The van der Waals surface area contributed by atoms with Crippen molar-refractivity contribution < 1.29 is 49.3 Å². The van der Waals surface area contributed by atoms with E-state index in [1.807, 2.05) is 6.08 Å². The van der Waals surface area contributed by atoms with Gasteiger partial charge in [0, 0.05) is 6.42 Å². The summed E-state index contributed by atoms with van der Waals surface area (Å²) in [4.78, 5) is 26.4.